The smallest absolute Gasteiger partial charge is 0.355 e. The van der Waals surface area contributed by atoms with Crippen LogP contribution in [0.1, 0.15) is 52.8 Å². The van der Waals surface area contributed by atoms with Gasteiger partial charge in [0.1, 0.15) is 11.4 Å². The van der Waals surface area contributed by atoms with Crippen LogP contribution < -0.4 is 10.1 Å². The summed E-state index contributed by atoms with van der Waals surface area (Å²) in [4.78, 5) is 13.9. The third-order valence-electron chi connectivity index (χ3n) is 9.03. The lowest BCUT2D eigenvalue weighted by Crippen LogP contribution is -2.17. The second kappa shape index (κ2) is 17.0. The van der Waals surface area contributed by atoms with Gasteiger partial charge in [0.25, 0.3) is 0 Å². The number of hydrogen-bond donors (Lipinski definition) is 1. The summed E-state index contributed by atoms with van der Waals surface area (Å²) in [6.07, 6.45) is 2.23. The second-order valence-electron chi connectivity index (χ2n) is 12.3. The van der Waals surface area contributed by atoms with Gasteiger partial charge >= 0.3 is 5.97 Å². The lowest BCUT2D eigenvalue weighted by atomic mass is 9.98. The maximum Gasteiger partial charge on any atom is 0.355 e. The van der Waals surface area contributed by atoms with Crippen LogP contribution >= 0.6 is 15.9 Å². The van der Waals surface area contributed by atoms with Crippen molar-refractivity contribution in [3.8, 4) is 16.9 Å². The first kappa shape index (κ1) is 35.4. The van der Waals surface area contributed by atoms with Crippen molar-refractivity contribution >= 4 is 43.6 Å². The van der Waals surface area contributed by atoms with E-state index in [1.807, 2.05) is 68.2 Å². The molecule has 0 unspecified atom stereocenters. The van der Waals surface area contributed by atoms with Crippen molar-refractivity contribution in [3.63, 3.8) is 0 Å². The second-order valence-corrected chi connectivity index (χ2v) is 12.9. The Balaban J connectivity index is 1.40. The van der Waals surface area contributed by atoms with Crippen LogP contribution in [0.3, 0.4) is 0 Å². The summed E-state index contributed by atoms with van der Waals surface area (Å²) in [5, 5.41) is 12.1. The zero-order chi connectivity index (χ0) is 34.9. The fourth-order valence-corrected chi connectivity index (χ4v) is 7.43. The number of esters is 1. The molecule has 0 aliphatic carbocycles. The Bertz CT molecular complexity index is 2050. The van der Waals surface area contributed by atoms with E-state index in [4.69, 9.17) is 19.3 Å². The third kappa shape index (κ3) is 7.65. The van der Waals surface area contributed by atoms with Crippen LogP contribution in [0, 0.1) is 0 Å². The first-order chi connectivity index (χ1) is 24.5. The molecule has 0 saturated heterocycles. The number of rotatable bonds is 17. The molecule has 8 nitrogen and oxygen atoms in total. The van der Waals surface area contributed by atoms with E-state index in [2.05, 4.69) is 74.3 Å². The molecule has 0 radical (unpaired) electrons. The molecule has 0 fully saturated rings. The molecule has 0 bridgehead atoms. The number of aromatic nitrogens is 3. The minimum absolute atomic E-state index is 0.298. The van der Waals surface area contributed by atoms with Crippen LogP contribution in [0.5, 0.6) is 5.75 Å². The summed E-state index contributed by atoms with van der Waals surface area (Å²) in [5.74, 6) is 0.564. The Kier molecular flexibility index (Phi) is 12.0. The highest BCUT2D eigenvalue weighted by atomic mass is 79.9. The first-order valence-corrected chi connectivity index (χ1v) is 18.5. The minimum Gasteiger partial charge on any atom is -0.493 e. The molecular weight excluding hydrogens is 692 g/mol. The molecule has 4 aromatic carbocycles. The number of nitrogens with zero attached hydrogens (tertiary/aromatic N) is 3. The molecule has 0 saturated carbocycles. The number of para-hydroxylation sites is 1. The highest BCUT2D eigenvalue weighted by molar-refractivity contribution is 9.08. The lowest BCUT2D eigenvalue weighted by Gasteiger charge is -2.14. The topological polar surface area (TPSA) is 79.5 Å². The molecule has 260 valence electrons. The number of alkyl halides is 1. The van der Waals surface area contributed by atoms with E-state index in [-0.39, 0.29) is 5.97 Å². The maximum atomic E-state index is 13.9. The van der Waals surface area contributed by atoms with Crippen LogP contribution in [0.25, 0.3) is 32.8 Å². The average molecular weight is 738 g/mol. The van der Waals surface area contributed by atoms with Gasteiger partial charge in [0.05, 0.1) is 43.3 Å². The summed E-state index contributed by atoms with van der Waals surface area (Å²) < 4.78 is 22.4. The number of ether oxygens (including phenoxy) is 3. The Hall–Kier alpha value is -4.44. The molecule has 0 aliphatic heterocycles. The molecule has 0 spiro atoms. The van der Waals surface area contributed by atoms with Crippen LogP contribution in [-0.2, 0) is 48.0 Å². The number of benzene rings is 4. The normalized spacial score (nSPS) is 11.4. The minimum atomic E-state index is -0.303. The molecule has 0 amide bonds. The fourth-order valence-electron chi connectivity index (χ4n) is 6.78. The summed E-state index contributed by atoms with van der Waals surface area (Å²) in [6, 6.07) is 30.9. The highest BCUT2D eigenvalue weighted by Crippen LogP contribution is 2.39. The number of fused-ring (bicyclic) bond motifs is 2. The Morgan fingerprint density at radius 2 is 1.66 bits per heavy atom. The van der Waals surface area contributed by atoms with Crippen LogP contribution in [-0.4, -0.2) is 47.1 Å². The molecule has 0 atom stereocenters. The monoisotopic (exact) mass is 736 g/mol. The maximum absolute atomic E-state index is 13.9. The highest BCUT2D eigenvalue weighted by Gasteiger charge is 2.28. The molecule has 6 aromatic rings. The Morgan fingerprint density at radius 1 is 0.900 bits per heavy atom. The molecule has 0 aliphatic rings. The first-order valence-electron chi connectivity index (χ1n) is 17.3. The van der Waals surface area contributed by atoms with E-state index < -0.39 is 0 Å². The SMILES string of the molecule is CCOC(=O)c1c(CCCOc2cccc3ccccc23)c2cccc(-c3c(COCc4ccccc4)nn(C)c3CBr)c2n1CCCNC. The van der Waals surface area contributed by atoms with E-state index in [0.717, 1.165) is 80.5 Å². The van der Waals surface area contributed by atoms with Gasteiger partial charge in [0.15, 0.2) is 0 Å². The average Bonchev–Trinajstić information content (AvgIpc) is 3.63. The molecule has 9 heteroatoms. The quantitative estimate of drug-likeness (QED) is 0.0574. The number of halogens is 1. The largest absolute Gasteiger partial charge is 0.493 e. The van der Waals surface area contributed by atoms with Gasteiger partial charge in [-0.25, -0.2) is 4.79 Å². The summed E-state index contributed by atoms with van der Waals surface area (Å²) in [6.45, 7) is 4.98. The van der Waals surface area contributed by atoms with Crippen molar-refractivity contribution in [1.82, 2.24) is 19.7 Å². The van der Waals surface area contributed by atoms with E-state index in [1.165, 1.54) is 0 Å². The van der Waals surface area contributed by atoms with Crippen molar-refractivity contribution in [1.29, 1.82) is 0 Å². The molecular formula is C41H45BrN4O4. The van der Waals surface area contributed by atoms with Crippen molar-refractivity contribution in [2.24, 2.45) is 7.05 Å². The predicted molar refractivity (Wildman–Crippen MR) is 204 cm³/mol. The van der Waals surface area contributed by atoms with Gasteiger partial charge in [-0.15, -0.1) is 0 Å². The fraction of sp³-hybridized carbons (Fsp3) is 0.317. The molecule has 2 heterocycles. The van der Waals surface area contributed by atoms with E-state index in [0.29, 0.717) is 50.4 Å². The van der Waals surface area contributed by atoms with Gasteiger partial charge in [-0.2, -0.15) is 5.10 Å². The number of carbonyl (C=O) groups is 1. The van der Waals surface area contributed by atoms with Gasteiger partial charge in [-0.3, -0.25) is 4.68 Å². The standard InChI is InChI=1S/C41H45BrN4O4/c1-4-49-41(47)40-33(21-12-25-50-37-22-10-17-30-16-8-9-18-31(30)37)32-19-11-20-34(39(32)46(40)24-13-23-43-2)38-35(44-45(3)36(38)26-42)28-48-27-29-14-6-5-7-15-29/h5-11,14-20,22,43H,4,12-13,21,23-28H2,1-3H3. The van der Waals surface area contributed by atoms with Gasteiger partial charge in [0.2, 0.25) is 0 Å². The molecule has 1 N–H and O–H groups in total. The predicted octanol–water partition coefficient (Wildman–Crippen LogP) is 8.60. The lowest BCUT2D eigenvalue weighted by molar-refractivity contribution is 0.0512. The number of carbonyl (C=O) groups excluding carboxylic acids is 1. The summed E-state index contributed by atoms with van der Waals surface area (Å²) in [7, 11) is 3.92. The van der Waals surface area contributed by atoms with Gasteiger partial charge in [-0.05, 0) is 62.4 Å². The zero-order valence-corrected chi connectivity index (χ0v) is 30.7. The summed E-state index contributed by atoms with van der Waals surface area (Å²) >= 11 is 3.74. The van der Waals surface area contributed by atoms with E-state index in [9.17, 15) is 4.79 Å². The number of nitrogens with one attached hydrogen (secondary N) is 1. The van der Waals surface area contributed by atoms with Crippen molar-refractivity contribution in [3.05, 3.63) is 119 Å². The Morgan fingerprint density at radius 3 is 2.46 bits per heavy atom. The van der Waals surface area contributed by atoms with Gasteiger partial charge < -0.3 is 24.1 Å². The molecule has 2 aromatic heterocycles. The van der Waals surface area contributed by atoms with Crippen LogP contribution in [0.2, 0.25) is 0 Å². The molecule has 6 rings (SSSR count). The third-order valence-corrected chi connectivity index (χ3v) is 9.56. The number of hydrogen-bond acceptors (Lipinski definition) is 6. The summed E-state index contributed by atoms with van der Waals surface area (Å²) in [5.41, 5.74) is 7.67. The van der Waals surface area contributed by atoms with E-state index >= 15 is 0 Å². The van der Waals surface area contributed by atoms with Crippen molar-refractivity contribution < 1.29 is 19.0 Å². The van der Waals surface area contributed by atoms with Gasteiger partial charge in [0, 0.05) is 40.8 Å². The Labute approximate surface area is 302 Å². The van der Waals surface area contributed by atoms with Gasteiger partial charge in [-0.1, -0.05) is 101 Å². The van der Waals surface area contributed by atoms with E-state index in [1.54, 1.807) is 0 Å². The van der Waals surface area contributed by atoms with Crippen molar-refractivity contribution in [2.75, 3.05) is 26.8 Å². The molecule has 50 heavy (non-hydrogen) atoms. The number of aryl methyl sites for hydroxylation is 3. The zero-order valence-electron chi connectivity index (χ0n) is 29.1. The van der Waals surface area contributed by atoms with Crippen LogP contribution in [0.15, 0.2) is 91.0 Å². The van der Waals surface area contributed by atoms with Crippen LogP contribution in [0.4, 0.5) is 0 Å². The van der Waals surface area contributed by atoms with Crippen molar-refractivity contribution in [2.45, 2.75) is 51.3 Å².